The molecule has 0 amide bonds. The third-order valence-corrected chi connectivity index (χ3v) is 4.79. The van der Waals surface area contributed by atoms with Crippen molar-refractivity contribution in [3.8, 4) is 0 Å². The van der Waals surface area contributed by atoms with E-state index in [1.54, 1.807) is 0 Å². The molecule has 1 aromatic carbocycles. The van der Waals surface area contributed by atoms with Crippen LogP contribution >= 0.6 is 0 Å². The summed E-state index contributed by atoms with van der Waals surface area (Å²) in [5, 5.41) is 3.39. The molecule has 0 aliphatic heterocycles. The van der Waals surface area contributed by atoms with Crippen LogP contribution in [-0.4, -0.2) is 19.8 Å². The first-order chi connectivity index (χ1) is 9.61. The summed E-state index contributed by atoms with van der Waals surface area (Å²) < 4.78 is 6.21. The fourth-order valence-corrected chi connectivity index (χ4v) is 3.08. The molecule has 20 heavy (non-hydrogen) atoms. The van der Waals surface area contributed by atoms with Crippen LogP contribution in [0.25, 0.3) is 0 Å². The number of hydrogen-bond donors (Lipinski definition) is 1. The molecule has 3 atom stereocenters. The van der Waals surface area contributed by atoms with E-state index in [9.17, 15) is 0 Å². The van der Waals surface area contributed by atoms with Gasteiger partial charge < -0.3 is 10.1 Å². The van der Waals surface area contributed by atoms with Crippen molar-refractivity contribution in [3.05, 3.63) is 34.9 Å². The van der Waals surface area contributed by atoms with Crippen molar-refractivity contribution in [2.24, 2.45) is 5.92 Å². The molecule has 2 heteroatoms. The molecule has 0 heterocycles. The van der Waals surface area contributed by atoms with Crippen LogP contribution in [0.5, 0.6) is 0 Å². The van der Waals surface area contributed by atoms with Gasteiger partial charge in [0, 0.05) is 0 Å². The van der Waals surface area contributed by atoms with E-state index in [1.807, 2.05) is 7.05 Å². The molecule has 2 nitrogen and oxygen atoms in total. The summed E-state index contributed by atoms with van der Waals surface area (Å²) in [7, 11) is 2.02. The van der Waals surface area contributed by atoms with Gasteiger partial charge >= 0.3 is 0 Å². The molecular weight excluding hydrogens is 246 g/mol. The monoisotopic (exact) mass is 275 g/mol. The van der Waals surface area contributed by atoms with Gasteiger partial charge in [-0.15, -0.1) is 0 Å². The number of likely N-dealkylation sites (N-methyl/N-ethyl adjacent to an activating group) is 1. The van der Waals surface area contributed by atoms with E-state index >= 15 is 0 Å². The van der Waals surface area contributed by atoms with Gasteiger partial charge in [0.05, 0.1) is 18.8 Å². The molecule has 2 rings (SSSR count). The third-order valence-electron chi connectivity index (χ3n) is 4.79. The Labute approximate surface area is 123 Å². The summed E-state index contributed by atoms with van der Waals surface area (Å²) in [5.41, 5.74) is 4.04. The normalized spacial score (nSPS) is 24.6. The first-order valence-corrected chi connectivity index (χ1v) is 7.98. The maximum Gasteiger partial charge on any atom is 0.0665 e. The molecule has 0 saturated heterocycles. The van der Waals surface area contributed by atoms with Gasteiger partial charge in [-0.05, 0) is 56.3 Å². The van der Waals surface area contributed by atoms with E-state index in [0.717, 1.165) is 6.61 Å². The third kappa shape index (κ3) is 3.83. The van der Waals surface area contributed by atoms with Crippen LogP contribution in [0.3, 0.4) is 0 Å². The Morgan fingerprint density at radius 1 is 1.20 bits per heavy atom. The quantitative estimate of drug-likeness (QED) is 0.871. The minimum absolute atomic E-state index is 0.295. The number of nitrogens with one attached hydrogen (secondary N) is 1. The summed E-state index contributed by atoms with van der Waals surface area (Å²) in [6.07, 6.45) is 5.69. The molecule has 1 aliphatic carbocycles. The van der Waals surface area contributed by atoms with E-state index in [0.29, 0.717) is 18.1 Å². The Morgan fingerprint density at radius 2 is 1.95 bits per heavy atom. The molecule has 0 aromatic heterocycles. The molecule has 1 fully saturated rings. The molecule has 112 valence electrons. The van der Waals surface area contributed by atoms with Gasteiger partial charge in [-0.1, -0.05) is 38.0 Å². The lowest BCUT2D eigenvalue weighted by Crippen LogP contribution is -2.30. The van der Waals surface area contributed by atoms with E-state index < -0.39 is 0 Å². The van der Waals surface area contributed by atoms with Crippen molar-refractivity contribution in [1.29, 1.82) is 0 Å². The Kier molecular flexibility index (Phi) is 5.62. The van der Waals surface area contributed by atoms with Crippen molar-refractivity contribution in [1.82, 2.24) is 5.32 Å². The standard InChI is InChI=1S/C18H29NO/c1-13-9-10-16(11-15(13)3)17(19-4)12-20-18-8-6-5-7-14(18)2/h9-11,14,17-19H,5-8,12H2,1-4H3. The van der Waals surface area contributed by atoms with Gasteiger partial charge in [0.25, 0.3) is 0 Å². The van der Waals surface area contributed by atoms with Crippen molar-refractivity contribution in [2.45, 2.75) is 58.6 Å². The highest BCUT2D eigenvalue weighted by molar-refractivity contribution is 5.31. The van der Waals surface area contributed by atoms with Crippen LogP contribution in [-0.2, 0) is 4.74 Å². The van der Waals surface area contributed by atoms with Gasteiger partial charge in [-0.2, -0.15) is 0 Å². The van der Waals surface area contributed by atoms with Crippen molar-refractivity contribution < 1.29 is 4.74 Å². The van der Waals surface area contributed by atoms with Gasteiger partial charge in [-0.3, -0.25) is 0 Å². The Morgan fingerprint density at radius 3 is 2.60 bits per heavy atom. The van der Waals surface area contributed by atoms with Crippen molar-refractivity contribution in [2.75, 3.05) is 13.7 Å². The Balaban J connectivity index is 1.96. The molecule has 1 aliphatic rings. The smallest absolute Gasteiger partial charge is 0.0665 e. The summed E-state index contributed by atoms with van der Waals surface area (Å²) in [6, 6.07) is 7.00. The summed E-state index contributed by atoms with van der Waals surface area (Å²) >= 11 is 0. The van der Waals surface area contributed by atoms with Crippen LogP contribution in [0.4, 0.5) is 0 Å². The zero-order valence-corrected chi connectivity index (χ0v) is 13.4. The number of hydrogen-bond acceptors (Lipinski definition) is 2. The summed E-state index contributed by atoms with van der Waals surface area (Å²) in [4.78, 5) is 0. The van der Waals surface area contributed by atoms with Crippen LogP contribution < -0.4 is 5.32 Å². The second kappa shape index (κ2) is 7.24. The van der Waals surface area contributed by atoms with Crippen molar-refractivity contribution >= 4 is 0 Å². The van der Waals surface area contributed by atoms with Gasteiger partial charge in [0.15, 0.2) is 0 Å². The van der Waals surface area contributed by atoms with E-state index in [4.69, 9.17) is 4.74 Å². The Bertz CT molecular complexity index is 429. The highest BCUT2D eigenvalue weighted by Crippen LogP contribution is 2.27. The van der Waals surface area contributed by atoms with E-state index in [-0.39, 0.29) is 0 Å². The lowest BCUT2D eigenvalue weighted by molar-refractivity contribution is -0.0145. The molecule has 0 radical (unpaired) electrons. The SMILES string of the molecule is CNC(COC1CCCCC1C)c1ccc(C)c(C)c1. The van der Waals surface area contributed by atoms with Gasteiger partial charge in [0.2, 0.25) is 0 Å². The van der Waals surface area contributed by atoms with Crippen LogP contribution in [0.2, 0.25) is 0 Å². The van der Waals surface area contributed by atoms with Crippen LogP contribution in [0.1, 0.15) is 55.3 Å². The highest BCUT2D eigenvalue weighted by Gasteiger charge is 2.23. The fourth-order valence-electron chi connectivity index (χ4n) is 3.08. The lowest BCUT2D eigenvalue weighted by atomic mass is 9.88. The van der Waals surface area contributed by atoms with E-state index in [1.165, 1.54) is 42.4 Å². The van der Waals surface area contributed by atoms with E-state index in [2.05, 4.69) is 44.3 Å². The highest BCUT2D eigenvalue weighted by atomic mass is 16.5. The van der Waals surface area contributed by atoms with Crippen molar-refractivity contribution in [3.63, 3.8) is 0 Å². The Hall–Kier alpha value is -0.860. The predicted octanol–water partition coefficient (Wildman–Crippen LogP) is 4.16. The number of ether oxygens (including phenoxy) is 1. The van der Waals surface area contributed by atoms with Crippen LogP contribution in [0, 0.1) is 19.8 Å². The van der Waals surface area contributed by atoms with Crippen LogP contribution in [0.15, 0.2) is 18.2 Å². The largest absolute Gasteiger partial charge is 0.376 e. The summed E-state index contributed by atoms with van der Waals surface area (Å²) in [5.74, 6) is 0.709. The fraction of sp³-hybridized carbons (Fsp3) is 0.667. The van der Waals surface area contributed by atoms with Gasteiger partial charge in [0.1, 0.15) is 0 Å². The minimum Gasteiger partial charge on any atom is -0.376 e. The molecule has 0 spiro atoms. The first kappa shape index (κ1) is 15.5. The molecule has 1 N–H and O–H groups in total. The second-order valence-corrected chi connectivity index (χ2v) is 6.32. The average Bonchev–Trinajstić information content (AvgIpc) is 2.45. The predicted molar refractivity (Wildman–Crippen MR) is 85.1 cm³/mol. The molecular formula is C18H29NO. The lowest BCUT2D eigenvalue weighted by Gasteiger charge is -2.30. The maximum absolute atomic E-state index is 6.21. The first-order valence-electron chi connectivity index (χ1n) is 7.98. The molecule has 1 aromatic rings. The average molecular weight is 275 g/mol. The van der Waals surface area contributed by atoms with Gasteiger partial charge in [-0.25, -0.2) is 0 Å². The topological polar surface area (TPSA) is 21.3 Å². The zero-order chi connectivity index (χ0) is 14.5. The molecule has 1 saturated carbocycles. The zero-order valence-electron chi connectivity index (χ0n) is 13.4. The summed E-state index contributed by atoms with van der Waals surface area (Å²) in [6.45, 7) is 7.44. The number of benzene rings is 1. The maximum atomic E-state index is 6.21. The molecule has 0 bridgehead atoms. The second-order valence-electron chi connectivity index (χ2n) is 6.32. The number of rotatable bonds is 5. The number of aryl methyl sites for hydroxylation is 2. The molecule has 3 unspecified atom stereocenters. The minimum atomic E-state index is 0.295.